The second-order valence-corrected chi connectivity index (χ2v) is 8.54. The zero-order chi connectivity index (χ0) is 20.2. The molecule has 0 spiro atoms. The van der Waals surface area contributed by atoms with E-state index in [1.165, 1.54) is 0 Å². The number of aliphatic hydroxyl groups is 1. The molecule has 1 N–H and O–H groups in total. The number of piperidine rings is 1. The van der Waals surface area contributed by atoms with Crippen molar-refractivity contribution in [1.82, 2.24) is 15.0 Å². The third kappa shape index (κ3) is 4.74. The lowest BCUT2D eigenvalue weighted by molar-refractivity contribution is -0.133. The zero-order valence-corrected chi connectivity index (χ0v) is 17.3. The van der Waals surface area contributed by atoms with Crippen LogP contribution in [0.25, 0.3) is 11.4 Å². The quantitative estimate of drug-likeness (QED) is 0.663. The Morgan fingerprint density at radius 3 is 2.86 bits per heavy atom. The molecule has 3 heterocycles. The van der Waals surface area contributed by atoms with E-state index in [1.807, 2.05) is 53.6 Å². The van der Waals surface area contributed by atoms with Gasteiger partial charge in [0, 0.05) is 36.4 Å². The second kappa shape index (κ2) is 8.88. The van der Waals surface area contributed by atoms with E-state index in [-0.39, 0.29) is 11.8 Å². The van der Waals surface area contributed by atoms with Gasteiger partial charge in [-0.25, -0.2) is 0 Å². The Balaban J connectivity index is 1.26. The fourth-order valence-corrected chi connectivity index (χ4v) is 4.59. The van der Waals surface area contributed by atoms with Gasteiger partial charge in [-0.2, -0.15) is 4.98 Å². The lowest BCUT2D eigenvalue weighted by Crippen LogP contribution is -2.39. The van der Waals surface area contributed by atoms with Gasteiger partial charge < -0.3 is 14.5 Å². The lowest BCUT2D eigenvalue weighted by Gasteiger charge is -2.34. The van der Waals surface area contributed by atoms with Crippen molar-refractivity contribution in [2.24, 2.45) is 5.92 Å². The van der Waals surface area contributed by atoms with Gasteiger partial charge in [-0.1, -0.05) is 35.0 Å². The van der Waals surface area contributed by atoms with Crippen molar-refractivity contribution < 1.29 is 14.4 Å². The van der Waals surface area contributed by atoms with Gasteiger partial charge in [0.05, 0.1) is 6.10 Å². The maximum atomic E-state index is 12.6. The van der Waals surface area contributed by atoms with Crippen LogP contribution in [0.15, 0.2) is 46.3 Å². The number of hydrogen-bond donors (Lipinski definition) is 1. The van der Waals surface area contributed by atoms with E-state index in [0.29, 0.717) is 37.6 Å². The van der Waals surface area contributed by atoms with Crippen LogP contribution in [0.4, 0.5) is 0 Å². The van der Waals surface area contributed by atoms with Crippen LogP contribution in [0.5, 0.6) is 0 Å². The Morgan fingerprint density at radius 1 is 1.31 bits per heavy atom. The minimum atomic E-state index is -0.425. The Kier molecular flexibility index (Phi) is 6.06. The molecular weight excluding hydrogens is 386 g/mol. The number of aliphatic hydroxyl groups excluding tert-OH is 1. The summed E-state index contributed by atoms with van der Waals surface area (Å²) in [6.07, 6.45) is 2.01. The first-order valence-corrected chi connectivity index (χ1v) is 10.9. The summed E-state index contributed by atoms with van der Waals surface area (Å²) in [7, 11) is 0. The van der Waals surface area contributed by atoms with Gasteiger partial charge in [-0.15, -0.1) is 11.3 Å². The first-order valence-electron chi connectivity index (χ1n) is 9.99. The maximum absolute atomic E-state index is 12.6. The van der Waals surface area contributed by atoms with Crippen LogP contribution in [-0.4, -0.2) is 39.1 Å². The molecule has 6 nitrogen and oxygen atoms in total. The summed E-state index contributed by atoms with van der Waals surface area (Å²) in [6, 6.07) is 11.9. The summed E-state index contributed by atoms with van der Waals surface area (Å²) in [6.45, 7) is 3.39. The Bertz CT molecular complexity index is 946. The van der Waals surface area contributed by atoms with E-state index in [1.54, 1.807) is 11.3 Å². The average molecular weight is 412 g/mol. The third-order valence-electron chi connectivity index (χ3n) is 5.47. The molecule has 7 heteroatoms. The molecule has 3 aromatic rings. The number of hydrogen-bond acceptors (Lipinski definition) is 6. The van der Waals surface area contributed by atoms with Gasteiger partial charge in [0.2, 0.25) is 17.6 Å². The lowest BCUT2D eigenvalue weighted by atomic mass is 9.90. The van der Waals surface area contributed by atoms with Gasteiger partial charge in [-0.05, 0) is 43.2 Å². The van der Waals surface area contributed by atoms with Crippen molar-refractivity contribution in [1.29, 1.82) is 0 Å². The predicted octanol–water partition coefficient (Wildman–Crippen LogP) is 4.01. The van der Waals surface area contributed by atoms with Crippen molar-refractivity contribution in [3.8, 4) is 11.4 Å². The van der Waals surface area contributed by atoms with Crippen LogP contribution >= 0.6 is 11.3 Å². The maximum Gasteiger partial charge on any atom is 0.227 e. The number of likely N-dealkylation sites (tertiary alicyclic amines) is 1. The molecule has 152 valence electrons. The highest BCUT2D eigenvalue weighted by atomic mass is 32.1. The predicted molar refractivity (Wildman–Crippen MR) is 111 cm³/mol. The molecule has 0 radical (unpaired) electrons. The van der Waals surface area contributed by atoms with Crippen LogP contribution in [-0.2, 0) is 11.2 Å². The van der Waals surface area contributed by atoms with Crippen LogP contribution in [0.1, 0.15) is 41.7 Å². The molecule has 1 fully saturated rings. The summed E-state index contributed by atoms with van der Waals surface area (Å²) in [5.74, 6) is 1.35. The van der Waals surface area contributed by atoms with Crippen molar-refractivity contribution in [3.63, 3.8) is 0 Å². The van der Waals surface area contributed by atoms with Crippen LogP contribution in [0.3, 0.4) is 0 Å². The first kappa shape index (κ1) is 19.8. The van der Waals surface area contributed by atoms with Crippen LogP contribution in [0, 0.1) is 12.8 Å². The highest BCUT2D eigenvalue weighted by Crippen LogP contribution is 2.33. The Morgan fingerprint density at radius 2 is 2.14 bits per heavy atom. The zero-order valence-electron chi connectivity index (χ0n) is 16.5. The SMILES string of the molecule is Cc1cccc(-c2noc(CCC(=O)N3CCC(C(O)c4cccs4)CC3)n2)c1. The molecule has 1 aliphatic heterocycles. The summed E-state index contributed by atoms with van der Waals surface area (Å²) in [5, 5.41) is 16.5. The van der Waals surface area contributed by atoms with E-state index in [9.17, 15) is 9.90 Å². The number of carbonyl (C=O) groups is 1. The monoisotopic (exact) mass is 411 g/mol. The fraction of sp³-hybridized carbons (Fsp3) is 0.409. The van der Waals surface area contributed by atoms with Gasteiger partial charge in [0.1, 0.15) is 0 Å². The molecule has 2 aromatic heterocycles. The van der Waals surface area contributed by atoms with E-state index >= 15 is 0 Å². The molecular formula is C22H25N3O3S. The number of carbonyl (C=O) groups excluding carboxylic acids is 1. The van der Waals surface area contributed by atoms with Gasteiger partial charge >= 0.3 is 0 Å². The molecule has 1 amide bonds. The minimum Gasteiger partial charge on any atom is -0.387 e. The molecule has 1 saturated heterocycles. The summed E-state index contributed by atoms with van der Waals surface area (Å²) in [4.78, 5) is 19.9. The smallest absolute Gasteiger partial charge is 0.227 e. The third-order valence-corrected chi connectivity index (χ3v) is 6.41. The standard InChI is InChI=1S/C22H25N3O3S/c1-15-4-2-5-17(14-15)22-23-19(28-24-22)7-8-20(26)25-11-9-16(10-12-25)21(27)18-6-3-13-29-18/h2-6,13-14,16,21,27H,7-12H2,1H3. The van der Waals surface area contributed by atoms with Crippen molar-refractivity contribution in [3.05, 3.63) is 58.1 Å². The molecule has 1 aromatic carbocycles. The fourth-order valence-electron chi connectivity index (χ4n) is 3.79. The van der Waals surface area contributed by atoms with Gasteiger partial charge in [0.15, 0.2) is 0 Å². The Hall–Kier alpha value is -2.51. The number of benzene rings is 1. The number of thiophene rings is 1. The van der Waals surface area contributed by atoms with E-state index in [2.05, 4.69) is 10.1 Å². The topological polar surface area (TPSA) is 79.5 Å². The highest BCUT2D eigenvalue weighted by Gasteiger charge is 2.28. The molecule has 1 atom stereocenters. The van der Waals surface area contributed by atoms with Crippen molar-refractivity contribution >= 4 is 17.2 Å². The molecule has 0 saturated carbocycles. The highest BCUT2D eigenvalue weighted by molar-refractivity contribution is 7.10. The largest absolute Gasteiger partial charge is 0.387 e. The molecule has 1 unspecified atom stereocenters. The molecule has 4 rings (SSSR count). The van der Waals surface area contributed by atoms with Crippen LogP contribution in [0.2, 0.25) is 0 Å². The van der Waals surface area contributed by atoms with Crippen molar-refractivity contribution in [2.45, 2.75) is 38.7 Å². The van der Waals surface area contributed by atoms with E-state index < -0.39 is 6.10 Å². The Labute approximate surface area is 174 Å². The molecule has 0 aliphatic carbocycles. The summed E-state index contributed by atoms with van der Waals surface area (Å²) in [5.41, 5.74) is 2.05. The van der Waals surface area contributed by atoms with Gasteiger partial charge in [-0.3, -0.25) is 4.79 Å². The molecule has 29 heavy (non-hydrogen) atoms. The number of rotatable bonds is 6. The first-order chi connectivity index (χ1) is 14.1. The minimum absolute atomic E-state index is 0.101. The normalized spacial score (nSPS) is 16.1. The van der Waals surface area contributed by atoms with Crippen molar-refractivity contribution in [2.75, 3.05) is 13.1 Å². The summed E-state index contributed by atoms with van der Waals surface area (Å²) < 4.78 is 5.32. The molecule has 1 aliphatic rings. The number of amides is 1. The second-order valence-electron chi connectivity index (χ2n) is 7.56. The number of nitrogens with zero attached hydrogens (tertiary/aromatic N) is 3. The van der Waals surface area contributed by atoms with Crippen LogP contribution < -0.4 is 0 Å². The number of aryl methyl sites for hydroxylation is 2. The van der Waals surface area contributed by atoms with Gasteiger partial charge in [0.25, 0.3) is 0 Å². The summed E-state index contributed by atoms with van der Waals surface area (Å²) >= 11 is 1.58. The molecule has 0 bridgehead atoms. The average Bonchev–Trinajstić information content (AvgIpc) is 3.44. The van der Waals surface area contributed by atoms with E-state index in [4.69, 9.17) is 4.52 Å². The number of aromatic nitrogens is 2. The van der Waals surface area contributed by atoms with E-state index in [0.717, 1.165) is 28.8 Å².